The number of rotatable bonds is 5. The summed E-state index contributed by atoms with van der Waals surface area (Å²) in [6.45, 7) is 4.02. The lowest BCUT2D eigenvalue weighted by molar-refractivity contribution is 0.242. The van der Waals surface area contributed by atoms with E-state index >= 15 is 0 Å². The second kappa shape index (κ2) is 6.58. The maximum absolute atomic E-state index is 5.61. The highest BCUT2D eigenvalue weighted by Crippen LogP contribution is 2.25. The Bertz CT molecular complexity index is 745. The van der Waals surface area contributed by atoms with Gasteiger partial charge in [-0.05, 0) is 55.8 Å². The molecule has 1 aromatic heterocycles. The lowest BCUT2D eigenvalue weighted by Crippen LogP contribution is -2.05. The zero-order valence-corrected chi connectivity index (χ0v) is 13.3. The van der Waals surface area contributed by atoms with Crippen LogP contribution in [0.4, 0.5) is 5.13 Å². The number of nitrogens with zero attached hydrogens (tertiary/aromatic N) is 2. The monoisotopic (exact) mass is 311 g/mol. The predicted octanol–water partition coefficient (Wildman–Crippen LogP) is 4.53. The highest BCUT2D eigenvalue weighted by molar-refractivity contribution is 7.22. The third kappa shape index (κ3) is 3.62. The molecule has 0 saturated carbocycles. The highest BCUT2D eigenvalue weighted by Gasteiger charge is 2.01. The van der Waals surface area contributed by atoms with Gasteiger partial charge in [-0.2, -0.15) is 5.10 Å². The second-order valence-electron chi connectivity index (χ2n) is 5.09. The van der Waals surface area contributed by atoms with Crippen molar-refractivity contribution in [2.24, 2.45) is 5.10 Å². The summed E-state index contributed by atoms with van der Waals surface area (Å²) in [5.41, 5.74) is 4.97. The molecule has 0 aliphatic heterocycles. The topological polar surface area (TPSA) is 46.5 Å². The van der Waals surface area contributed by atoms with E-state index in [0.29, 0.717) is 0 Å². The third-order valence-corrected chi connectivity index (χ3v) is 3.86. The van der Waals surface area contributed by atoms with Gasteiger partial charge < -0.3 is 4.74 Å². The molecule has 0 aliphatic rings. The van der Waals surface area contributed by atoms with Crippen molar-refractivity contribution in [1.82, 2.24) is 4.98 Å². The van der Waals surface area contributed by atoms with Crippen LogP contribution in [0.1, 0.15) is 19.4 Å². The number of anilines is 1. The Kier molecular flexibility index (Phi) is 4.34. The number of nitrogens with one attached hydrogen (secondary N) is 1. The van der Waals surface area contributed by atoms with Crippen LogP contribution in [0.15, 0.2) is 53.6 Å². The molecule has 3 rings (SSSR count). The fourth-order valence-corrected chi connectivity index (χ4v) is 2.80. The number of hydrogen-bond donors (Lipinski definition) is 1. The summed E-state index contributed by atoms with van der Waals surface area (Å²) in [4.78, 5) is 4.46. The molecule has 5 heteroatoms. The molecule has 0 bridgehead atoms. The fraction of sp³-hybridized carbons (Fsp3) is 0.176. The molecule has 3 aromatic rings. The summed E-state index contributed by atoms with van der Waals surface area (Å²) in [5.74, 6) is 0.867. The molecule has 112 valence electrons. The molecule has 2 aromatic carbocycles. The zero-order valence-electron chi connectivity index (χ0n) is 12.5. The van der Waals surface area contributed by atoms with Gasteiger partial charge >= 0.3 is 0 Å². The van der Waals surface area contributed by atoms with E-state index < -0.39 is 0 Å². The Morgan fingerprint density at radius 2 is 1.91 bits per heavy atom. The smallest absolute Gasteiger partial charge is 0.204 e. The number of benzene rings is 2. The van der Waals surface area contributed by atoms with Crippen molar-refractivity contribution in [3.63, 3.8) is 0 Å². The van der Waals surface area contributed by atoms with E-state index in [9.17, 15) is 0 Å². The first kappa shape index (κ1) is 14.5. The predicted molar refractivity (Wildman–Crippen MR) is 93.0 cm³/mol. The van der Waals surface area contributed by atoms with Crippen LogP contribution in [0.2, 0.25) is 0 Å². The molecule has 0 atom stereocenters. The Balaban J connectivity index is 1.64. The molecule has 0 radical (unpaired) electrons. The molecule has 1 heterocycles. The average molecular weight is 311 g/mol. The minimum Gasteiger partial charge on any atom is -0.491 e. The van der Waals surface area contributed by atoms with E-state index in [1.54, 1.807) is 17.6 Å². The SMILES string of the molecule is CC(C)Oc1ccc(/C=N\Nc2nc3ccccc3s2)cc1. The van der Waals surface area contributed by atoms with Crippen LogP contribution in [-0.2, 0) is 0 Å². The molecule has 22 heavy (non-hydrogen) atoms. The molecule has 0 fully saturated rings. The van der Waals surface area contributed by atoms with Gasteiger partial charge in [-0.25, -0.2) is 4.98 Å². The van der Waals surface area contributed by atoms with Gasteiger partial charge in [0.2, 0.25) is 5.13 Å². The van der Waals surface area contributed by atoms with Gasteiger partial charge in [-0.3, -0.25) is 5.43 Å². The van der Waals surface area contributed by atoms with Crippen molar-refractivity contribution in [3.8, 4) is 5.75 Å². The summed E-state index contributed by atoms with van der Waals surface area (Å²) < 4.78 is 6.76. The first-order valence-corrected chi connectivity index (χ1v) is 7.94. The molecule has 0 aliphatic carbocycles. The lowest BCUT2D eigenvalue weighted by Gasteiger charge is -2.08. The van der Waals surface area contributed by atoms with Crippen LogP contribution in [-0.4, -0.2) is 17.3 Å². The average Bonchev–Trinajstić information content (AvgIpc) is 2.91. The lowest BCUT2D eigenvalue weighted by atomic mass is 10.2. The number of aromatic nitrogens is 1. The molecule has 0 unspecified atom stereocenters. The Hall–Kier alpha value is -2.40. The van der Waals surface area contributed by atoms with E-state index in [2.05, 4.69) is 21.6 Å². The summed E-state index contributed by atoms with van der Waals surface area (Å²) >= 11 is 1.59. The van der Waals surface area contributed by atoms with Gasteiger partial charge in [0.05, 0.1) is 22.5 Å². The number of fused-ring (bicyclic) bond motifs is 1. The standard InChI is InChI=1S/C17H17N3OS/c1-12(2)21-14-9-7-13(8-10-14)11-18-20-17-19-15-5-3-4-6-16(15)22-17/h3-12H,1-2H3,(H,19,20)/b18-11-. The number of para-hydroxylation sites is 1. The van der Waals surface area contributed by atoms with Gasteiger partial charge in [-0.1, -0.05) is 23.5 Å². The van der Waals surface area contributed by atoms with Crippen LogP contribution in [0.3, 0.4) is 0 Å². The van der Waals surface area contributed by atoms with Gasteiger partial charge in [0, 0.05) is 0 Å². The largest absolute Gasteiger partial charge is 0.491 e. The van der Waals surface area contributed by atoms with E-state index in [4.69, 9.17) is 4.74 Å². The summed E-state index contributed by atoms with van der Waals surface area (Å²) in [7, 11) is 0. The Morgan fingerprint density at radius 1 is 1.14 bits per heavy atom. The van der Waals surface area contributed by atoms with Gasteiger partial charge in [-0.15, -0.1) is 0 Å². The molecule has 0 amide bonds. The van der Waals surface area contributed by atoms with Crippen molar-refractivity contribution < 1.29 is 4.74 Å². The number of hydrogen-bond acceptors (Lipinski definition) is 5. The van der Waals surface area contributed by atoms with Gasteiger partial charge in [0.15, 0.2) is 0 Å². The molecule has 0 saturated heterocycles. The molecular weight excluding hydrogens is 294 g/mol. The number of thiazole rings is 1. The van der Waals surface area contributed by atoms with Crippen LogP contribution < -0.4 is 10.2 Å². The number of hydrazone groups is 1. The maximum Gasteiger partial charge on any atom is 0.204 e. The van der Waals surface area contributed by atoms with Crippen molar-refractivity contribution >= 4 is 32.9 Å². The van der Waals surface area contributed by atoms with E-state index in [0.717, 1.165) is 26.7 Å². The minimum absolute atomic E-state index is 0.181. The van der Waals surface area contributed by atoms with Crippen LogP contribution in [0.5, 0.6) is 5.75 Å². The molecule has 0 spiro atoms. The zero-order chi connectivity index (χ0) is 15.4. The van der Waals surface area contributed by atoms with Crippen LogP contribution in [0.25, 0.3) is 10.2 Å². The number of ether oxygens (including phenoxy) is 1. The second-order valence-corrected chi connectivity index (χ2v) is 6.12. The first-order valence-electron chi connectivity index (χ1n) is 7.12. The molecule has 4 nitrogen and oxygen atoms in total. The van der Waals surface area contributed by atoms with Crippen LogP contribution in [0, 0.1) is 0 Å². The Labute approximate surface area is 133 Å². The van der Waals surface area contributed by atoms with Crippen molar-refractivity contribution in [1.29, 1.82) is 0 Å². The quantitative estimate of drug-likeness (QED) is 0.556. The summed E-state index contributed by atoms with van der Waals surface area (Å²) in [5, 5.41) is 5.02. The van der Waals surface area contributed by atoms with E-state index in [-0.39, 0.29) is 6.10 Å². The Morgan fingerprint density at radius 3 is 2.64 bits per heavy atom. The van der Waals surface area contributed by atoms with Gasteiger partial charge in [0.1, 0.15) is 5.75 Å². The minimum atomic E-state index is 0.181. The fourth-order valence-electron chi connectivity index (χ4n) is 1.99. The summed E-state index contributed by atoms with van der Waals surface area (Å²) in [6.07, 6.45) is 1.95. The highest BCUT2D eigenvalue weighted by atomic mass is 32.1. The summed E-state index contributed by atoms with van der Waals surface area (Å²) in [6, 6.07) is 15.9. The van der Waals surface area contributed by atoms with E-state index in [1.807, 2.05) is 56.3 Å². The molecule has 1 N–H and O–H groups in total. The molecular formula is C17H17N3OS. The first-order chi connectivity index (χ1) is 10.7. The third-order valence-electron chi connectivity index (χ3n) is 2.92. The van der Waals surface area contributed by atoms with Crippen molar-refractivity contribution in [3.05, 3.63) is 54.1 Å². The maximum atomic E-state index is 5.61. The van der Waals surface area contributed by atoms with Gasteiger partial charge in [0.25, 0.3) is 0 Å². The van der Waals surface area contributed by atoms with Crippen molar-refractivity contribution in [2.45, 2.75) is 20.0 Å². The van der Waals surface area contributed by atoms with E-state index in [1.165, 1.54) is 0 Å². The van der Waals surface area contributed by atoms with Crippen molar-refractivity contribution in [2.75, 3.05) is 5.43 Å². The van der Waals surface area contributed by atoms with Crippen LogP contribution >= 0.6 is 11.3 Å². The normalized spacial score (nSPS) is 11.4.